The molecule has 0 amide bonds. The van der Waals surface area contributed by atoms with Crippen LogP contribution < -0.4 is 10.1 Å². The van der Waals surface area contributed by atoms with Gasteiger partial charge in [0.05, 0.1) is 7.11 Å². The molecule has 0 aliphatic carbocycles. The molecule has 18 heavy (non-hydrogen) atoms. The molecule has 0 atom stereocenters. The van der Waals surface area contributed by atoms with Crippen LogP contribution in [0.3, 0.4) is 0 Å². The van der Waals surface area contributed by atoms with Crippen LogP contribution >= 0.6 is 15.9 Å². The topological polar surface area (TPSA) is 21.3 Å². The number of nitrogens with one attached hydrogen (secondary N) is 1. The SMILES string of the molecule is CCC(CC)(CC)NCc1cc(OC)ccc1Br. The van der Waals surface area contributed by atoms with Gasteiger partial charge < -0.3 is 10.1 Å². The van der Waals surface area contributed by atoms with Crippen molar-refractivity contribution in [2.24, 2.45) is 0 Å². The monoisotopic (exact) mass is 313 g/mol. The smallest absolute Gasteiger partial charge is 0.119 e. The van der Waals surface area contributed by atoms with Crippen molar-refractivity contribution in [3.05, 3.63) is 28.2 Å². The highest BCUT2D eigenvalue weighted by atomic mass is 79.9. The maximum absolute atomic E-state index is 5.27. The van der Waals surface area contributed by atoms with Gasteiger partial charge in [-0.05, 0) is 43.0 Å². The average molecular weight is 314 g/mol. The van der Waals surface area contributed by atoms with E-state index in [2.05, 4.69) is 48.1 Å². The summed E-state index contributed by atoms with van der Waals surface area (Å²) in [5.41, 5.74) is 1.50. The number of halogens is 1. The zero-order valence-corrected chi connectivity index (χ0v) is 13.4. The van der Waals surface area contributed by atoms with Crippen molar-refractivity contribution < 1.29 is 4.74 Å². The first kappa shape index (κ1) is 15.5. The van der Waals surface area contributed by atoms with Gasteiger partial charge in [-0.2, -0.15) is 0 Å². The highest BCUT2D eigenvalue weighted by Gasteiger charge is 2.22. The average Bonchev–Trinajstić information content (AvgIpc) is 2.42. The predicted octanol–water partition coefficient (Wildman–Crippen LogP) is 4.52. The molecule has 0 aliphatic heterocycles. The van der Waals surface area contributed by atoms with Gasteiger partial charge >= 0.3 is 0 Å². The summed E-state index contributed by atoms with van der Waals surface area (Å²) in [4.78, 5) is 0. The highest BCUT2D eigenvalue weighted by Crippen LogP contribution is 2.25. The Bertz CT molecular complexity index is 366. The first-order chi connectivity index (χ1) is 8.60. The summed E-state index contributed by atoms with van der Waals surface area (Å²) in [7, 11) is 1.70. The maximum atomic E-state index is 5.27. The Balaban J connectivity index is 2.78. The molecule has 1 aromatic carbocycles. The van der Waals surface area contributed by atoms with E-state index in [4.69, 9.17) is 4.74 Å². The lowest BCUT2D eigenvalue weighted by Crippen LogP contribution is -2.43. The molecule has 2 nitrogen and oxygen atoms in total. The molecule has 0 heterocycles. The fraction of sp³-hybridized carbons (Fsp3) is 0.600. The lowest BCUT2D eigenvalue weighted by molar-refractivity contribution is 0.287. The Morgan fingerprint density at radius 3 is 2.28 bits per heavy atom. The molecule has 0 spiro atoms. The Morgan fingerprint density at radius 1 is 1.17 bits per heavy atom. The number of ether oxygens (including phenoxy) is 1. The Kier molecular flexibility index (Phi) is 6.16. The van der Waals surface area contributed by atoms with E-state index >= 15 is 0 Å². The molecular formula is C15H24BrNO. The molecule has 1 N–H and O–H groups in total. The molecule has 3 heteroatoms. The summed E-state index contributed by atoms with van der Waals surface area (Å²) in [6.45, 7) is 7.62. The second-order valence-electron chi connectivity index (χ2n) is 4.65. The van der Waals surface area contributed by atoms with E-state index in [1.165, 1.54) is 5.56 Å². The summed E-state index contributed by atoms with van der Waals surface area (Å²) < 4.78 is 6.40. The summed E-state index contributed by atoms with van der Waals surface area (Å²) in [5, 5.41) is 3.71. The van der Waals surface area contributed by atoms with Gasteiger partial charge in [-0.3, -0.25) is 0 Å². The minimum absolute atomic E-state index is 0.252. The van der Waals surface area contributed by atoms with Gasteiger partial charge in [0.2, 0.25) is 0 Å². The third-order valence-electron chi connectivity index (χ3n) is 3.94. The van der Waals surface area contributed by atoms with Gasteiger partial charge in [0.25, 0.3) is 0 Å². The van der Waals surface area contributed by atoms with Crippen LogP contribution in [0.2, 0.25) is 0 Å². The van der Waals surface area contributed by atoms with Crippen LogP contribution in [-0.4, -0.2) is 12.6 Å². The summed E-state index contributed by atoms with van der Waals surface area (Å²) in [6, 6.07) is 6.10. The molecule has 0 unspecified atom stereocenters. The largest absolute Gasteiger partial charge is 0.497 e. The summed E-state index contributed by atoms with van der Waals surface area (Å²) in [6.07, 6.45) is 3.46. The van der Waals surface area contributed by atoms with Crippen molar-refractivity contribution in [1.29, 1.82) is 0 Å². The van der Waals surface area contributed by atoms with Crippen molar-refractivity contribution >= 4 is 15.9 Å². The van der Waals surface area contributed by atoms with Crippen molar-refractivity contribution in [1.82, 2.24) is 5.32 Å². The van der Waals surface area contributed by atoms with E-state index in [0.717, 1.165) is 36.0 Å². The Labute approximate surface area is 119 Å². The number of hydrogen-bond donors (Lipinski definition) is 1. The van der Waals surface area contributed by atoms with Gasteiger partial charge in [-0.25, -0.2) is 0 Å². The lowest BCUT2D eigenvalue weighted by Gasteiger charge is -2.32. The van der Waals surface area contributed by atoms with Crippen LogP contribution in [0.15, 0.2) is 22.7 Å². The maximum Gasteiger partial charge on any atom is 0.119 e. The molecular weight excluding hydrogens is 290 g/mol. The van der Waals surface area contributed by atoms with E-state index in [0.29, 0.717) is 0 Å². The molecule has 1 aromatic rings. The van der Waals surface area contributed by atoms with Crippen LogP contribution in [0, 0.1) is 0 Å². The first-order valence-electron chi connectivity index (χ1n) is 6.68. The van der Waals surface area contributed by atoms with Crippen LogP contribution in [0.1, 0.15) is 45.6 Å². The molecule has 0 aliphatic rings. The number of methoxy groups -OCH3 is 1. The van der Waals surface area contributed by atoms with Crippen LogP contribution in [0.25, 0.3) is 0 Å². The third-order valence-corrected chi connectivity index (χ3v) is 4.71. The zero-order valence-electron chi connectivity index (χ0n) is 11.8. The minimum Gasteiger partial charge on any atom is -0.497 e. The van der Waals surface area contributed by atoms with E-state index in [1.807, 2.05) is 12.1 Å². The second-order valence-corrected chi connectivity index (χ2v) is 5.51. The normalized spacial score (nSPS) is 11.6. The van der Waals surface area contributed by atoms with Crippen molar-refractivity contribution in [2.45, 2.75) is 52.1 Å². The van der Waals surface area contributed by atoms with Crippen molar-refractivity contribution in [2.75, 3.05) is 7.11 Å². The fourth-order valence-electron chi connectivity index (χ4n) is 2.22. The molecule has 0 saturated heterocycles. The molecule has 0 saturated carbocycles. The van der Waals surface area contributed by atoms with Gasteiger partial charge in [0.15, 0.2) is 0 Å². The molecule has 1 rings (SSSR count). The van der Waals surface area contributed by atoms with Gasteiger partial charge in [0.1, 0.15) is 5.75 Å². The van der Waals surface area contributed by atoms with Crippen LogP contribution in [0.4, 0.5) is 0 Å². The van der Waals surface area contributed by atoms with E-state index in [1.54, 1.807) is 7.11 Å². The summed E-state index contributed by atoms with van der Waals surface area (Å²) in [5.74, 6) is 0.907. The molecule has 0 fully saturated rings. The molecule has 102 valence electrons. The van der Waals surface area contributed by atoms with Gasteiger partial charge in [0, 0.05) is 16.6 Å². The lowest BCUT2D eigenvalue weighted by atomic mass is 9.89. The second kappa shape index (κ2) is 7.15. The Morgan fingerprint density at radius 2 is 1.78 bits per heavy atom. The molecule has 0 bridgehead atoms. The fourth-order valence-corrected chi connectivity index (χ4v) is 2.61. The number of hydrogen-bond acceptors (Lipinski definition) is 2. The van der Waals surface area contributed by atoms with Crippen molar-refractivity contribution in [3.63, 3.8) is 0 Å². The standard InChI is InChI=1S/C15H24BrNO/c1-5-15(6-2,7-3)17-11-12-10-13(18-4)8-9-14(12)16/h8-10,17H,5-7,11H2,1-4H3. The predicted molar refractivity (Wildman–Crippen MR) is 81.1 cm³/mol. The molecule has 0 aromatic heterocycles. The van der Waals surface area contributed by atoms with E-state index in [9.17, 15) is 0 Å². The van der Waals surface area contributed by atoms with E-state index < -0.39 is 0 Å². The quantitative estimate of drug-likeness (QED) is 0.799. The zero-order chi connectivity index (χ0) is 13.6. The Hall–Kier alpha value is -0.540. The number of rotatable bonds is 7. The highest BCUT2D eigenvalue weighted by molar-refractivity contribution is 9.10. The molecule has 0 radical (unpaired) electrons. The van der Waals surface area contributed by atoms with Crippen LogP contribution in [-0.2, 0) is 6.54 Å². The van der Waals surface area contributed by atoms with E-state index in [-0.39, 0.29) is 5.54 Å². The van der Waals surface area contributed by atoms with Gasteiger partial charge in [-0.1, -0.05) is 36.7 Å². The summed E-state index contributed by atoms with van der Waals surface area (Å²) >= 11 is 3.60. The first-order valence-corrected chi connectivity index (χ1v) is 7.47. The third kappa shape index (κ3) is 3.72. The van der Waals surface area contributed by atoms with Crippen LogP contribution in [0.5, 0.6) is 5.75 Å². The number of benzene rings is 1. The minimum atomic E-state index is 0.252. The van der Waals surface area contributed by atoms with Crippen molar-refractivity contribution in [3.8, 4) is 5.75 Å². The van der Waals surface area contributed by atoms with Gasteiger partial charge in [-0.15, -0.1) is 0 Å².